The summed E-state index contributed by atoms with van der Waals surface area (Å²) in [6.07, 6.45) is -11.6. The zero-order valence-electron chi connectivity index (χ0n) is 15.9. The van der Waals surface area contributed by atoms with Crippen LogP contribution in [-0.2, 0) is 16.9 Å². The van der Waals surface area contributed by atoms with Crippen LogP contribution in [0.25, 0.3) is 0 Å². The van der Waals surface area contributed by atoms with Gasteiger partial charge in [0.15, 0.2) is 0 Å². The van der Waals surface area contributed by atoms with E-state index in [9.17, 15) is 44.3 Å². The van der Waals surface area contributed by atoms with Crippen LogP contribution in [0.1, 0.15) is 48.3 Å². The normalized spacial score (nSPS) is 29.8. The molecule has 31 heavy (non-hydrogen) atoms. The molecule has 1 unspecified atom stereocenters. The van der Waals surface area contributed by atoms with Crippen LogP contribution in [0.3, 0.4) is 0 Å². The molecule has 0 spiro atoms. The molecule has 1 amide bonds. The van der Waals surface area contributed by atoms with E-state index in [4.69, 9.17) is 0 Å². The van der Waals surface area contributed by atoms with E-state index in [1.807, 2.05) is 0 Å². The Kier molecular flexibility index (Phi) is 4.87. The van der Waals surface area contributed by atoms with Crippen LogP contribution in [0.4, 0.5) is 39.5 Å². The third-order valence-electron chi connectivity index (χ3n) is 6.77. The van der Waals surface area contributed by atoms with Gasteiger partial charge in [-0.25, -0.2) is 13.2 Å². The molecule has 0 heterocycles. The topological polar surface area (TPSA) is 29.1 Å². The standard InChI is InChI=1S/C20H18F9NO/c21-17(22)8-15(17)30-16(31)14-6-5-12-11-4-2-10(7-9(11)1-3-13(12)14)18(23,19(24,25)26)20(27,28)29/h2,4,7,12-15H,1,3,5-6,8H2,(H,30,31)/t12-,13+,14+,15?/m0/s1. The minimum absolute atomic E-state index is 0.0690. The maximum Gasteiger partial charge on any atom is 0.435 e. The predicted octanol–water partition coefficient (Wildman–Crippen LogP) is 5.56. The van der Waals surface area contributed by atoms with Gasteiger partial charge >= 0.3 is 18.0 Å². The molecule has 0 radical (unpaired) electrons. The van der Waals surface area contributed by atoms with Gasteiger partial charge in [-0.3, -0.25) is 4.79 Å². The van der Waals surface area contributed by atoms with E-state index in [0.29, 0.717) is 30.5 Å². The Morgan fingerprint density at radius 2 is 1.58 bits per heavy atom. The van der Waals surface area contributed by atoms with Gasteiger partial charge in [-0.2, -0.15) is 26.3 Å². The van der Waals surface area contributed by atoms with Crippen molar-refractivity contribution >= 4 is 5.91 Å². The highest BCUT2D eigenvalue weighted by molar-refractivity contribution is 5.80. The molecule has 0 aromatic heterocycles. The zero-order valence-corrected chi connectivity index (χ0v) is 15.9. The average molecular weight is 459 g/mol. The molecule has 0 saturated heterocycles. The summed E-state index contributed by atoms with van der Waals surface area (Å²) in [5.74, 6) is -4.55. The van der Waals surface area contributed by atoms with Gasteiger partial charge in [0.05, 0.1) is 6.04 Å². The van der Waals surface area contributed by atoms with Gasteiger partial charge in [-0.15, -0.1) is 0 Å². The summed E-state index contributed by atoms with van der Waals surface area (Å²) in [7, 11) is 0. The number of hydrogen-bond donors (Lipinski definition) is 1. The maximum atomic E-state index is 14.4. The Bertz CT molecular complexity index is 878. The fraction of sp³-hybridized carbons (Fsp3) is 0.650. The summed E-state index contributed by atoms with van der Waals surface area (Å²) in [5, 5.41) is 2.32. The first-order valence-electron chi connectivity index (χ1n) is 9.80. The second-order valence-electron chi connectivity index (χ2n) is 8.59. The summed E-state index contributed by atoms with van der Waals surface area (Å²) in [6.45, 7) is 0. The molecule has 2 nitrogen and oxygen atoms in total. The van der Waals surface area contributed by atoms with E-state index in [2.05, 4.69) is 5.32 Å². The Balaban J connectivity index is 1.58. The number of alkyl halides is 9. The summed E-state index contributed by atoms with van der Waals surface area (Å²) >= 11 is 0. The van der Waals surface area contributed by atoms with E-state index < -0.39 is 53.8 Å². The molecule has 1 aromatic carbocycles. The quantitative estimate of drug-likeness (QED) is 0.590. The summed E-state index contributed by atoms with van der Waals surface area (Å²) in [6, 6.07) is 0.994. The van der Waals surface area contributed by atoms with E-state index in [1.54, 1.807) is 0 Å². The second kappa shape index (κ2) is 6.78. The van der Waals surface area contributed by atoms with Gasteiger partial charge in [0.1, 0.15) is 0 Å². The smallest absolute Gasteiger partial charge is 0.347 e. The molecule has 1 N–H and O–H groups in total. The van der Waals surface area contributed by atoms with Gasteiger partial charge in [0, 0.05) is 17.9 Å². The summed E-state index contributed by atoms with van der Waals surface area (Å²) < 4.78 is 119. The van der Waals surface area contributed by atoms with Crippen LogP contribution in [0.2, 0.25) is 0 Å². The van der Waals surface area contributed by atoms with Crippen LogP contribution < -0.4 is 5.32 Å². The van der Waals surface area contributed by atoms with Crippen molar-refractivity contribution in [1.29, 1.82) is 0 Å². The third-order valence-corrected chi connectivity index (χ3v) is 6.77. The van der Waals surface area contributed by atoms with Gasteiger partial charge in [0.2, 0.25) is 5.91 Å². The predicted molar refractivity (Wildman–Crippen MR) is 90.1 cm³/mol. The first-order chi connectivity index (χ1) is 14.2. The lowest BCUT2D eigenvalue weighted by Gasteiger charge is -2.34. The van der Waals surface area contributed by atoms with Crippen molar-refractivity contribution < 1.29 is 44.3 Å². The Morgan fingerprint density at radius 3 is 2.13 bits per heavy atom. The largest absolute Gasteiger partial charge is 0.435 e. The molecule has 172 valence electrons. The number of nitrogens with one attached hydrogen (secondary N) is 1. The molecule has 1 aromatic rings. The number of benzene rings is 1. The summed E-state index contributed by atoms with van der Waals surface area (Å²) in [5.41, 5.74) is -6.34. The number of halogens is 9. The maximum absolute atomic E-state index is 14.4. The molecular weight excluding hydrogens is 441 g/mol. The highest BCUT2D eigenvalue weighted by Crippen LogP contribution is 2.55. The van der Waals surface area contributed by atoms with Crippen LogP contribution in [0.15, 0.2) is 18.2 Å². The van der Waals surface area contributed by atoms with Crippen molar-refractivity contribution in [3.63, 3.8) is 0 Å². The zero-order chi connectivity index (χ0) is 23.0. The van der Waals surface area contributed by atoms with Crippen LogP contribution in [-0.4, -0.2) is 30.2 Å². The monoisotopic (exact) mass is 459 g/mol. The van der Waals surface area contributed by atoms with E-state index in [-0.39, 0.29) is 30.2 Å². The fourth-order valence-corrected chi connectivity index (χ4v) is 5.04. The molecule has 2 fully saturated rings. The lowest BCUT2D eigenvalue weighted by molar-refractivity contribution is -0.348. The Hall–Kier alpha value is -1.94. The first-order valence-corrected chi connectivity index (χ1v) is 9.80. The lowest BCUT2D eigenvalue weighted by atomic mass is 9.73. The number of carbonyl (C=O) groups is 1. The van der Waals surface area contributed by atoms with E-state index in [0.717, 1.165) is 6.07 Å². The lowest BCUT2D eigenvalue weighted by Crippen LogP contribution is -2.50. The van der Waals surface area contributed by atoms with Crippen molar-refractivity contribution in [2.75, 3.05) is 0 Å². The molecule has 0 bridgehead atoms. The number of aryl methyl sites for hydroxylation is 1. The van der Waals surface area contributed by atoms with Crippen LogP contribution in [0, 0.1) is 11.8 Å². The van der Waals surface area contributed by atoms with Crippen molar-refractivity contribution in [3.05, 3.63) is 34.9 Å². The SMILES string of the molecule is O=C(NC1CC1(F)F)[C@@H]1CC[C@H]2c3ccc(C(F)(C(F)(F)F)C(F)(F)F)cc3CC[C@@H]12. The van der Waals surface area contributed by atoms with Crippen LogP contribution >= 0.6 is 0 Å². The highest BCUT2D eigenvalue weighted by atomic mass is 19.4. The first kappa shape index (κ1) is 22.3. The molecule has 4 rings (SSSR count). The van der Waals surface area contributed by atoms with Crippen molar-refractivity contribution in [2.24, 2.45) is 11.8 Å². The van der Waals surface area contributed by atoms with Crippen molar-refractivity contribution in [3.8, 4) is 0 Å². The highest BCUT2D eigenvalue weighted by Gasteiger charge is 2.73. The van der Waals surface area contributed by atoms with E-state index in [1.165, 1.54) is 0 Å². The number of hydrogen-bond acceptors (Lipinski definition) is 1. The number of amides is 1. The van der Waals surface area contributed by atoms with Crippen molar-refractivity contribution in [1.82, 2.24) is 5.32 Å². The van der Waals surface area contributed by atoms with E-state index >= 15 is 0 Å². The van der Waals surface area contributed by atoms with Gasteiger partial charge < -0.3 is 5.32 Å². The Morgan fingerprint density at radius 1 is 0.968 bits per heavy atom. The second-order valence-corrected chi connectivity index (χ2v) is 8.59. The third kappa shape index (κ3) is 3.47. The minimum atomic E-state index is -6.18. The molecule has 3 aliphatic rings. The molecule has 0 aliphatic heterocycles. The van der Waals surface area contributed by atoms with Crippen LogP contribution in [0.5, 0.6) is 0 Å². The number of carbonyl (C=O) groups excluding carboxylic acids is 1. The number of fused-ring (bicyclic) bond motifs is 3. The van der Waals surface area contributed by atoms with Gasteiger partial charge in [-0.05, 0) is 48.6 Å². The average Bonchev–Trinajstić information content (AvgIpc) is 3.05. The van der Waals surface area contributed by atoms with Crippen molar-refractivity contribution in [2.45, 2.75) is 68.0 Å². The number of rotatable bonds is 3. The van der Waals surface area contributed by atoms with Gasteiger partial charge in [-0.1, -0.05) is 18.2 Å². The minimum Gasteiger partial charge on any atom is -0.347 e. The molecule has 2 saturated carbocycles. The Labute approximate surface area is 171 Å². The fourth-order valence-electron chi connectivity index (χ4n) is 5.04. The molecular formula is C20H18F9NO. The summed E-state index contributed by atoms with van der Waals surface area (Å²) in [4.78, 5) is 12.4. The molecule has 4 atom stereocenters. The molecule has 3 aliphatic carbocycles. The molecule has 11 heteroatoms. The van der Waals surface area contributed by atoms with Gasteiger partial charge in [0.25, 0.3) is 5.92 Å².